The Morgan fingerprint density at radius 3 is 2.46 bits per heavy atom. The third kappa shape index (κ3) is 4.84. The van der Waals surface area contributed by atoms with Crippen LogP contribution in [0.3, 0.4) is 0 Å². The molecule has 0 saturated heterocycles. The molecule has 0 aliphatic carbocycles. The number of aromatic nitrogens is 2. The Morgan fingerprint density at radius 1 is 1.14 bits per heavy atom. The fourth-order valence-corrected chi connectivity index (χ4v) is 5.75. The first-order valence-corrected chi connectivity index (χ1v) is 12.1. The first-order chi connectivity index (χ1) is 13.3. The number of sulfone groups is 1. The second kappa shape index (κ2) is 8.50. The maximum Gasteiger partial charge on any atom is 0.230 e. The van der Waals surface area contributed by atoms with E-state index >= 15 is 0 Å². The van der Waals surface area contributed by atoms with E-state index in [0.717, 1.165) is 26.8 Å². The van der Waals surface area contributed by atoms with Gasteiger partial charge in [0, 0.05) is 5.38 Å². The van der Waals surface area contributed by atoms with Crippen molar-refractivity contribution >= 4 is 43.5 Å². The molecule has 1 amide bonds. The summed E-state index contributed by atoms with van der Waals surface area (Å²) in [6, 6.07) is 6.48. The highest BCUT2D eigenvalue weighted by Gasteiger charge is 2.15. The third-order valence-electron chi connectivity index (χ3n) is 4.01. The van der Waals surface area contributed by atoms with Gasteiger partial charge in [-0.25, -0.2) is 18.4 Å². The topological polar surface area (TPSA) is 89.0 Å². The van der Waals surface area contributed by atoms with Crippen LogP contribution in [0.2, 0.25) is 0 Å². The van der Waals surface area contributed by atoms with Crippen molar-refractivity contribution in [3.05, 3.63) is 45.9 Å². The molecule has 0 atom stereocenters. The number of carbonyl (C=O) groups is 1. The average Bonchev–Trinajstić information content (AvgIpc) is 3.21. The summed E-state index contributed by atoms with van der Waals surface area (Å²) in [7, 11) is -3.24. The molecule has 0 bridgehead atoms. The summed E-state index contributed by atoms with van der Waals surface area (Å²) >= 11 is 2.95. The van der Waals surface area contributed by atoms with Crippen LogP contribution in [0.15, 0.2) is 34.5 Å². The van der Waals surface area contributed by atoms with Gasteiger partial charge in [0.1, 0.15) is 0 Å². The zero-order valence-corrected chi connectivity index (χ0v) is 18.3. The Labute approximate surface area is 172 Å². The smallest absolute Gasteiger partial charge is 0.230 e. The van der Waals surface area contributed by atoms with Crippen LogP contribution in [0.5, 0.6) is 0 Å². The van der Waals surface area contributed by atoms with Crippen LogP contribution in [0.4, 0.5) is 5.13 Å². The molecule has 0 radical (unpaired) electrons. The number of rotatable bonds is 7. The van der Waals surface area contributed by atoms with Gasteiger partial charge in [-0.1, -0.05) is 19.1 Å². The standard InChI is InChI=1S/C19H21N3O3S3/c1-4-9-28(24,25)15-7-5-14(6-8-15)10-17(23)22-19-21-16(11-26-19)18-12(2)20-13(3)27-18/h5-8,11H,4,9-10H2,1-3H3,(H,21,22,23). The highest BCUT2D eigenvalue weighted by Crippen LogP contribution is 2.32. The lowest BCUT2D eigenvalue weighted by Crippen LogP contribution is -2.14. The number of aryl methyl sites for hydroxylation is 2. The fourth-order valence-electron chi connectivity index (χ4n) is 2.75. The van der Waals surface area contributed by atoms with E-state index in [9.17, 15) is 13.2 Å². The molecule has 28 heavy (non-hydrogen) atoms. The molecule has 1 N–H and O–H groups in total. The number of carbonyl (C=O) groups excluding carboxylic acids is 1. The highest BCUT2D eigenvalue weighted by molar-refractivity contribution is 7.91. The summed E-state index contributed by atoms with van der Waals surface area (Å²) in [5.41, 5.74) is 2.50. The molecular weight excluding hydrogens is 414 g/mol. The molecule has 3 aromatic rings. The van der Waals surface area contributed by atoms with E-state index in [4.69, 9.17) is 0 Å². The Hall–Kier alpha value is -2.10. The first kappa shape index (κ1) is 20.6. The van der Waals surface area contributed by atoms with Gasteiger partial charge in [-0.15, -0.1) is 22.7 Å². The number of amides is 1. The van der Waals surface area contributed by atoms with E-state index in [1.54, 1.807) is 35.6 Å². The van der Waals surface area contributed by atoms with Crippen LogP contribution in [-0.4, -0.2) is 30.0 Å². The number of thiazole rings is 2. The minimum atomic E-state index is -3.24. The van der Waals surface area contributed by atoms with Crippen molar-refractivity contribution in [2.45, 2.75) is 38.5 Å². The summed E-state index contributed by atoms with van der Waals surface area (Å²) in [6.45, 7) is 5.73. The second-order valence-electron chi connectivity index (χ2n) is 6.37. The first-order valence-electron chi connectivity index (χ1n) is 8.80. The quantitative estimate of drug-likeness (QED) is 0.599. The van der Waals surface area contributed by atoms with Crippen molar-refractivity contribution in [3.8, 4) is 10.6 Å². The van der Waals surface area contributed by atoms with Gasteiger partial charge in [-0.05, 0) is 38.0 Å². The molecule has 3 rings (SSSR count). The van der Waals surface area contributed by atoms with Crippen LogP contribution in [-0.2, 0) is 21.1 Å². The molecule has 2 aromatic heterocycles. The van der Waals surface area contributed by atoms with Crippen molar-refractivity contribution in [1.29, 1.82) is 0 Å². The molecule has 0 aliphatic heterocycles. The van der Waals surface area contributed by atoms with Gasteiger partial charge in [-0.2, -0.15) is 0 Å². The lowest BCUT2D eigenvalue weighted by molar-refractivity contribution is -0.115. The SMILES string of the molecule is CCCS(=O)(=O)c1ccc(CC(=O)Nc2nc(-c3sc(C)nc3C)cs2)cc1. The van der Waals surface area contributed by atoms with Crippen molar-refractivity contribution in [2.24, 2.45) is 0 Å². The molecule has 1 aromatic carbocycles. The molecular formula is C19H21N3O3S3. The lowest BCUT2D eigenvalue weighted by Gasteiger charge is -2.05. The average molecular weight is 436 g/mol. The molecule has 0 saturated carbocycles. The van der Waals surface area contributed by atoms with Gasteiger partial charge in [0.25, 0.3) is 0 Å². The van der Waals surface area contributed by atoms with Gasteiger partial charge in [0.2, 0.25) is 5.91 Å². The van der Waals surface area contributed by atoms with Crippen molar-refractivity contribution in [2.75, 3.05) is 11.1 Å². The summed E-state index contributed by atoms with van der Waals surface area (Å²) < 4.78 is 24.1. The molecule has 0 fully saturated rings. The maximum absolute atomic E-state index is 12.3. The van der Waals surface area contributed by atoms with Gasteiger partial charge in [-0.3, -0.25) is 4.79 Å². The van der Waals surface area contributed by atoms with Crippen LogP contribution in [0.25, 0.3) is 10.6 Å². The summed E-state index contributed by atoms with van der Waals surface area (Å²) in [5, 5.41) is 6.23. The largest absolute Gasteiger partial charge is 0.302 e. The Morgan fingerprint density at radius 2 is 1.86 bits per heavy atom. The molecule has 0 spiro atoms. The van der Waals surface area contributed by atoms with Crippen LogP contribution < -0.4 is 5.32 Å². The zero-order valence-electron chi connectivity index (χ0n) is 15.9. The third-order valence-corrected chi connectivity index (χ3v) is 7.80. The van der Waals surface area contributed by atoms with E-state index in [0.29, 0.717) is 16.4 Å². The van der Waals surface area contributed by atoms with E-state index in [1.807, 2.05) is 26.2 Å². The highest BCUT2D eigenvalue weighted by atomic mass is 32.2. The van der Waals surface area contributed by atoms with E-state index in [-0.39, 0.29) is 18.1 Å². The van der Waals surface area contributed by atoms with Gasteiger partial charge < -0.3 is 5.32 Å². The summed E-state index contributed by atoms with van der Waals surface area (Å²) in [6.07, 6.45) is 0.727. The molecule has 0 aliphatic rings. The number of nitrogens with zero attached hydrogens (tertiary/aromatic N) is 2. The van der Waals surface area contributed by atoms with Gasteiger partial charge >= 0.3 is 0 Å². The van der Waals surface area contributed by atoms with Crippen LogP contribution >= 0.6 is 22.7 Å². The zero-order chi connectivity index (χ0) is 20.3. The van der Waals surface area contributed by atoms with Gasteiger partial charge in [0.15, 0.2) is 15.0 Å². The Bertz CT molecular complexity index is 1080. The molecule has 0 unspecified atom stereocenters. The minimum Gasteiger partial charge on any atom is -0.302 e. The number of anilines is 1. The number of hydrogen-bond acceptors (Lipinski definition) is 7. The normalized spacial score (nSPS) is 11.5. The Balaban J connectivity index is 1.64. The number of hydrogen-bond donors (Lipinski definition) is 1. The van der Waals surface area contributed by atoms with Crippen molar-refractivity contribution in [1.82, 2.24) is 9.97 Å². The second-order valence-corrected chi connectivity index (χ2v) is 10.5. The van der Waals surface area contributed by atoms with E-state index < -0.39 is 9.84 Å². The fraction of sp³-hybridized carbons (Fsp3) is 0.316. The minimum absolute atomic E-state index is 0.123. The molecule has 2 heterocycles. The summed E-state index contributed by atoms with van der Waals surface area (Å²) in [4.78, 5) is 22.5. The van der Waals surface area contributed by atoms with Crippen LogP contribution in [0.1, 0.15) is 29.6 Å². The molecule has 6 nitrogen and oxygen atoms in total. The predicted molar refractivity (Wildman–Crippen MR) is 114 cm³/mol. The maximum atomic E-state index is 12.3. The van der Waals surface area contributed by atoms with Gasteiger partial charge in [0.05, 0.1) is 38.3 Å². The van der Waals surface area contributed by atoms with Crippen molar-refractivity contribution < 1.29 is 13.2 Å². The van der Waals surface area contributed by atoms with Crippen molar-refractivity contribution in [3.63, 3.8) is 0 Å². The number of nitrogens with one attached hydrogen (secondary N) is 1. The van der Waals surface area contributed by atoms with E-state index in [1.165, 1.54) is 11.3 Å². The predicted octanol–water partition coefficient (Wildman–Crippen LogP) is 4.25. The summed E-state index contributed by atoms with van der Waals surface area (Å²) in [5.74, 6) is -0.0694. The lowest BCUT2D eigenvalue weighted by atomic mass is 10.1. The van der Waals surface area contributed by atoms with Crippen LogP contribution in [0, 0.1) is 13.8 Å². The Kier molecular flexibility index (Phi) is 6.26. The van der Waals surface area contributed by atoms with E-state index in [2.05, 4.69) is 15.3 Å². The molecule has 9 heteroatoms. The molecule has 148 valence electrons. The monoisotopic (exact) mass is 435 g/mol. The number of benzene rings is 1.